The third-order valence-electron chi connectivity index (χ3n) is 5.30. The molecule has 0 spiro atoms. The molecular formula is C19H22N2O3. The van der Waals surface area contributed by atoms with Crippen molar-refractivity contribution in [1.29, 1.82) is 0 Å². The number of hydrogen-bond donors (Lipinski definition) is 0. The maximum atomic E-state index is 12.7. The standard InChI is InChI=1S/C19H22N2O3/c1-20-10-9-14-11-21(12-16(14)20)19(22)18-8-7-17(24-18)13-3-5-15(23-2)6-4-13/h3-8,14,16H,9-12H2,1-2H3/t14-,16+/m0/s1. The number of fused-ring (bicyclic) bond motifs is 1. The monoisotopic (exact) mass is 326 g/mol. The van der Waals surface area contributed by atoms with E-state index in [1.54, 1.807) is 13.2 Å². The summed E-state index contributed by atoms with van der Waals surface area (Å²) in [6.45, 7) is 2.78. The molecule has 0 saturated carbocycles. The Hall–Kier alpha value is -2.27. The molecule has 5 heteroatoms. The van der Waals surface area contributed by atoms with Crippen molar-refractivity contribution in [1.82, 2.24) is 9.80 Å². The molecule has 1 aromatic heterocycles. The van der Waals surface area contributed by atoms with Gasteiger partial charge in [0.15, 0.2) is 5.76 Å². The number of amides is 1. The van der Waals surface area contributed by atoms with E-state index in [9.17, 15) is 4.79 Å². The molecule has 0 bridgehead atoms. The highest BCUT2D eigenvalue weighted by Crippen LogP contribution is 2.32. The Morgan fingerprint density at radius 2 is 1.96 bits per heavy atom. The first-order valence-corrected chi connectivity index (χ1v) is 8.39. The van der Waals surface area contributed by atoms with Crippen LogP contribution in [0.4, 0.5) is 0 Å². The number of likely N-dealkylation sites (tertiary alicyclic amines) is 2. The second-order valence-electron chi connectivity index (χ2n) is 6.70. The third-order valence-corrected chi connectivity index (χ3v) is 5.30. The first kappa shape index (κ1) is 15.3. The van der Waals surface area contributed by atoms with Gasteiger partial charge in [-0.3, -0.25) is 4.79 Å². The lowest BCUT2D eigenvalue weighted by Gasteiger charge is -2.19. The average molecular weight is 326 g/mol. The topological polar surface area (TPSA) is 45.9 Å². The highest BCUT2D eigenvalue weighted by molar-refractivity contribution is 5.92. The molecule has 5 nitrogen and oxygen atoms in total. The van der Waals surface area contributed by atoms with E-state index in [0.717, 1.165) is 30.9 Å². The van der Waals surface area contributed by atoms with Gasteiger partial charge in [0.1, 0.15) is 11.5 Å². The van der Waals surface area contributed by atoms with Gasteiger partial charge >= 0.3 is 0 Å². The number of hydrogen-bond acceptors (Lipinski definition) is 4. The number of benzene rings is 1. The largest absolute Gasteiger partial charge is 0.497 e. The number of carbonyl (C=O) groups is 1. The van der Waals surface area contributed by atoms with Gasteiger partial charge in [-0.2, -0.15) is 0 Å². The lowest BCUT2D eigenvalue weighted by atomic mass is 10.1. The summed E-state index contributed by atoms with van der Waals surface area (Å²) >= 11 is 0. The van der Waals surface area contributed by atoms with Gasteiger partial charge < -0.3 is 19.0 Å². The molecule has 1 aromatic carbocycles. The van der Waals surface area contributed by atoms with Crippen LogP contribution in [0.15, 0.2) is 40.8 Å². The van der Waals surface area contributed by atoms with Crippen LogP contribution >= 0.6 is 0 Å². The van der Waals surface area contributed by atoms with E-state index in [4.69, 9.17) is 9.15 Å². The summed E-state index contributed by atoms with van der Waals surface area (Å²) in [7, 11) is 3.79. The summed E-state index contributed by atoms with van der Waals surface area (Å²) < 4.78 is 11.0. The fraction of sp³-hybridized carbons (Fsp3) is 0.421. The van der Waals surface area contributed by atoms with Gasteiger partial charge in [-0.25, -0.2) is 0 Å². The predicted molar refractivity (Wildman–Crippen MR) is 91.1 cm³/mol. The summed E-state index contributed by atoms with van der Waals surface area (Å²) in [5.74, 6) is 2.53. The Bertz CT molecular complexity index is 737. The number of likely N-dealkylation sites (N-methyl/N-ethyl adjacent to an activating group) is 1. The maximum absolute atomic E-state index is 12.7. The number of ether oxygens (including phenoxy) is 1. The quantitative estimate of drug-likeness (QED) is 0.870. The van der Waals surface area contributed by atoms with Crippen LogP contribution in [0.5, 0.6) is 5.75 Å². The highest BCUT2D eigenvalue weighted by Gasteiger charge is 2.41. The van der Waals surface area contributed by atoms with Crippen LogP contribution < -0.4 is 4.74 Å². The molecular weight excluding hydrogens is 304 g/mol. The molecule has 0 radical (unpaired) electrons. The lowest BCUT2D eigenvalue weighted by molar-refractivity contribution is 0.0744. The summed E-state index contributed by atoms with van der Waals surface area (Å²) in [5.41, 5.74) is 0.938. The minimum absolute atomic E-state index is 0.00226. The molecule has 0 aliphatic carbocycles. The number of furan rings is 1. The molecule has 0 N–H and O–H groups in total. The van der Waals surface area contributed by atoms with Crippen LogP contribution in [-0.2, 0) is 0 Å². The molecule has 24 heavy (non-hydrogen) atoms. The van der Waals surface area contributed by atoms with E-state index in [0.29, 0.717) is 23.5 Å². The van der Waals surface area contributed by atoms with E-state index in [1.807, 2.05) is 35.2 Å². The Balaban J connectivity index is 1.49. The molecule has 3 heterocycles. The van der Waals surface area contributed by atoms with Crippen molar-refractivity contribution in [3.63, 3.8) is 0 Å². The smallest absolute Gasteiger partial charge is 0.289 e. The lowest BCUT2D eigenvalue weighted by Crippen LogP contribution is -2.34. The fourth-order valence-electron chi connectivity index (χ4n) is 3.86. The van der Waals surface area contributed by atoms with Gasteiger partial charge in [0.2, 0.25) is 0 Å². The second kappa shape index (κ2) is 5.98. The van der Waals surface area contributed by atoms with E-state index in [1.165, 1.54) is 6.42 Å². The van der Waals surface area contributed by atoms with Crippen LogP contribution in [0.3, 0.4) is 0 Å². The van der Waals surface area contributed by atoms with E-state index in [2.05, 4.69) is 11.9 Å². The summed E-state index contributed by atoms with van der Waals surface area (Å²) in [6.07, 6.45) is 1.18. The van der Waals surface area contributed by atoms with Gasteiger partial charge in [-0.1, -0.05) is 0 Å². The minimum atomic E-state index is -0.00226. The van der Waals surface area contributed by atoms with Crippen LogP contribution in [0.2, 0.25) is 0 Å². The Morgan fingerprint density at radius 1 is 1.17 bits per heavy atom. The molecule has 126 valence electrons. The maximum Gasteiger partial charge on any atom is 0.289 e. The van der Waals surface area contributed by atoms with Crippen molar-refractivity contribution in [2.75, 3.05) is 33.8 Å². The average Bonchev–Trinajstić information content (AvgIpc) is 3.32. The van der Waals surface area contributed by atoms with Crippen LogP contribution in [0.1, 0.15) is 17.0 Å². The van der Waals surface area contributed by atoms with Gasteiger partial charge in [0.25, 0.3) is 5.91 Å². The molecule has 2 fully saturated rings. The van der Waals surface area contributed by atoms with Crippen molar-refractivity contribution in [3.05, 3.63) is 42.2 Å². The fourth-order valence-corrected chi connectivity index (χ4v) is 3.86. The first-order valence-electron chi connectivity index (χ1n) is 8.39. The summed E-state index contributed by atoms with van der Waals surface area (Å²) in [5, 5.41) is 0. The van der Waals surface area contributed by atoms with E-state index < -0.39 is 0 Å². The van der Waals surface area contributed by atoms with Gasteiger partial charge in [0.05, 0.1) is 7.11 Å². The number of nitrogens with zero attached hydrogens (tertiary/aromatic N) is 2. The van der Waals surface area contributed by atoms with Crippen molar-refractivity contribution >= 4 is 5.91 Å². The van der Waals surface area contributed by atoms with Crippen molar-refractivity contribution in [3.8, 4) is 17.1 Å². The minimum Gasteiger partial charge on any atom is -0.497 e. The summed E-state index contributed by atoms with van der Waals surface area (Å²) in [6, 6.07) is 11.8. The van der Waals surface area contributed by atoms with Crippen LogP contribution in [0, 0.1) is 5.92 Å². The zero-order valence-electron chi connectivity index (χ0n) is 14.1. The molecule has 2 saturated heterocycles. The zero-order valence-corrected chi connectivity index (χ0v) is 14.1. The van der Waals surface area contributed by atoms with Crippen LogP contribution in [0.25, 0.3) is 11.3 Å². The molecule has 0 unspecified atom stereocenters. The van der Waals surface area contributed by atoms with Gasteiger partial charge in [-0.05, 0) is 62.3 Å². The third kappa shape index (κ3) is 2.59. The van der Waals surface area contributed by atoms with Gasteiger partial charge in [-0.15, -0.1) is 0 Å². The van der Waals surface area contributed by atoms with Crippen molar-refractivity contribution < 1.29 is 13.9 Å². The SMILES string of the molecule is COc1ccc(-c2ccc(C(=O)N3C[C@@H]4CCN(C)[C@@H]4C3)o2)cc1. The normalized spacial score (nSPS) is 23.5. The number of carbonyl (C=O) groups excluding carboxylic acids is 1. The van der Waals surface area contributed by atoms with Gasteiger partial charge in [0, 0.05) is 24.7 Å². The number of rotatable bonds is 3. The predicted octanol–water partition coefficient (Wildman–Crippen LogP) is 2.73. The van der Waals surface area contributed by atoms with E-state index >= 15 is 0 Å². The molecule has 2 aliphatic heterocycles. The Kier molecular flexibility index (Phi) is 3.81. The van der Waals surface area contributed by atoms with Crippen LogP contribution in [-0.4, -0.2) is 55.5 Å². The first-order chi connectivity index (χ1) is 11.7. The molecule has 2 aliphatic rings. The number of methoxy groups -OCH3 is 1. The molecule has 1 amide bonds. The van der Waals surface area contributed by atoms with Crippen molar-refractivity contribution in [2.24, 2.45) is 5.92 Å². The second-order valence-corrected chi connectivity index (χ2v) is 6.70. The highest BCUT2D eigenvalue weighted by atomic mass is 16.5. The molecule has 2 atom stereocenters. The summed E-state index contributed by atoms with van der Waals surface area (Å²) in [4.78, 5) is 17.0. The Morgan fingerprint density at radius 3 is 2.67 bits per heavy atom. The van der Waals surface area contributed by atoms with Crippen molar-refractivity contribution in [2.45, 2.75) is 12.5 Å². The zero-order chi connectivity index (χ0) is 16.7. The molecule has 4 rings (SSSR count). The van der Waals surface area contributed by atoms with E-state index in [-0.39, 0.29) is 5.91 Å². The molecule has 2 aromatic rings. The Labute approximate surface area is 141 Å².